The fraction of sp³-hybridized carbons (Fsp3) is 0.286. The molecule has 1 N–H and O–H groups in total. The third-order valence-corrected chi connectivity index (χ3v) is 5.55. The summed E-state index contributed by atoms with van der Waals surface area (Å²) in [7, 11) is 0. The maximum absolute atomic E-state index is 4.08. The second kappa shape index (κ2) is 5.60. The Kier molecular flexibility index (Phi) is 3.27. The van der Waals surface area contributed by atoms with Crippen LogP contribution in [0, 0.1) is 0 Å². The van der Waals surface area contributed by atoms with Crippen LogP contribution >= 0.6 is 0 Å². The molecule has 24 heavy (non-hydrogen) atoms. The Hall–Kier alpha value is -2.39. The van der Waals surface area contributed by atoms with Crippen molar-refractivity contribution < 1.29 is 0 Å². The normalized spacial score (nSPS) is 22.8. The molecule has 3 heteroatoms. The zero-order chi connectivity index (χ0) is 15.9. The molecule has 0 spiro atoms. The number of hydrogen-bond acceptors (Lipinski definition) is 2. The molecule has 3 aliphatic rings. The first-order chi connectivity index (χ1) is 11.9. The van der Waals surface area contributed by atoms with E-state index in [4.69, 9.17) is 0 Å². The number of nitrogens with zero attached hydrogens (tertiary/aromatic N) is 2. The lowest BCUT2D eigenvalue weighted by Crippen LogP contribution is -2.29. The number of H-pyrrole nitrogens is 1. The van der Waals surface area contributed by atoms with Gasteiger partial charge in [0, 0.05) is 35.9 Å². The SMILES string of the molecule is C(=C\c1cccc2c3c([nH]c12)C1CCN(CC1)C3)/c1ccncc1. The molecule has 1 saturated heterocycles. The predicted molar refractivity (Wildman–Crippen MR) is 98.7 cm³/mol. The van der Waals surface area contributed by atoms with E-state index in [0.29, 0.717) is 5.92 Å². The average molecular weight is 315 g/mol. The van der Waals surface area contributed by atoms with Gasteiger partial charge in [0.05, 0.1) is 5.52 Å². The maximum atomic E-state index is 4.08. The molecular formula is C21H21N3. The zero-order valence-corrected chi connectivity index (χ0v) is 13.7. The Morgan fingerprint density at radius 3 is 2.71 bits per heavy atom. The highest BCUT2D eigenvalue weighted by Crippen LogP contribution is 2.39. The molecule has 0 aliphatic carbocycles. The number of nitrogens with one attached hydrogen (secondary N) is 1. The number of fused-ring (bicyclic) bond motifs is 3. The summed E-state index contributed by atoms with van der Waals surface area (Å²) in [5, 5.41) is 1.40. The van der Waals surface area contributed by atoms with Gasteiger partial charge in [0.15, 0.2) is 0 Å². The van der Waals surface area contributed by atoms with Gasteiger partial charge in [-0.05, 0) is 54.8 Å². The molecule has 3 aliphatic heterocycles. The first-order valence-corrected chi connectivity index (χ1v) is 8.82. The maximum Gasteiger partial charge on any atom is 0.0533 e. The van der Waals surface area contributed by atoms with E-state index in [0.717, 1.165) is 6.54 Å². The van der Waals surface area contributed by atoms with Crippen LogP contribution in [-0.2, 0) is 6.54 Å². The molecule has 0 unspecified atom stereocenters. The van der Waals surface area contributed by atoms with Crippen molar-refractivity contribution in [3.8, 4) is 0 Å². The number of para-hydroxylation sites is 1. The Morgan fingerprint density at radius 1 is 1.04 bits per heavy atom. The van der Waals surface area contributed by atoms with E-state index < -0.39 is 0 Å². The fourth-order valence-corrected chi connectivity index (χ4v) is 4.24. The standard InChI is InChI=1S/C21H21N3/c1-2-16(5-4-15-6-10-22-11-7-15)20-18(3-1)19-14-24-12-8-17(9-13-24)21(19)23-20/h1-7,10-11,17,23H,8-9,12-14H2/b5-4+. The molecule has 3 nitrogen and oxygen atoms in total. The topological polar surface area (TPSA) is 31.9 Å². The number of pyridine rings is 1. The van der Waals surface area contributed by atoms with Gasteiger partial charge in [0.1, 0.15) is 0 Å². The smallest absolute Gasteiger partial charge is 0.0533 e. The van der Waals surface area contributed by atoms with E-state index in [9.17, 15) is 0 Å². The Bertz CT molecular complexity index is 899. The van der Waals surface area contributed by atoms with Crippen molar-refractivity contribution in [3.05, 3.63) is 65.1 Å². The van der Waals surface area contributed by atoms with Crippen LogP contribution in [0.2, 0.25) is 0 Å². The first kappa shape index (κ1) is 14.0. The van der Waals surface area contributed by atoms with Crippen LogP contribution in [-0.4, -0.2) is 28.0 Å². The Morgan fingerprint density at radius 2 is 1.88 bits per heavy atom. The third-order valence-electron chi connectivity index (χ3n) is 5.55. The van der Waals surface area contributed by atoms with Crippen LogP contribution < -0.4 is 0 Å². The first-order valence-electron chi connectivity index (χ1n) is 8.82. The highest BCUT2D eigenvalue weighted by molar-refractivity contribution is 5.93. The number of rotatable bonds is 2. The van der Waals surface area contributed by atoms with Crippen LogP contribution in [0.3, 0.4) is 0 Å². The van der Waals surface area contributed by atoms with Crippen molar-refractivity contribution in [1.82, 2.24) is 14.9 Å². The second-order valence-corrected chi connectivity index (χ2v) is 6.95. The number of hydrogen-bond donors (Lipinski definition) is 1. The summed E-state index contributed by atoms with van der Waals surface area (Å²) < 4.78 is 0. The highest BCUT2D eigenvalue weighted by atomic mass is 15.1. The van der Waals surface area contributed by atoms with Gasteiger partial charge >= 0.3 is 0 Å². The molecule has 0 atom stereocenters. The van der Waals surface area contributed by atoms with Gasteiger partial charge in [0.25, 0.3) is 0 Å². The van der Waals surface area contributed by atoms with Crippen molar-refractivity contribution in [2.75, 3.05) is 13.1 Å². The summed E-state index contributed by atoms with van der Waals surface area (Å²) in [5.74, 6) is 0.711. The summed E-state index contributed by atoms with van der Waals surface area (Å²) in [4.78, 5) is 10.5. The lowest BCUT2D eigenvalue weighted by Gasteiger charge is -2.26. The molecule has 120 valence electrons. The highest BCUT2D eigenvalue weighted by Gasteiger charge is 2.30. The molecular weight excluding hydrogens is 294 g/mol. The zero-order valence-electron chi connectivity index (χ0n) is 13.7. The summed E-state index contributed by atoms with van der Waals surface area (Å²) >= 11 is 0. The monoisotopic (exact) mass is 315 g/mol. The van der Waals surface area contributed by atoms with Gasteiger partial charge in [-0.1, -0.05) is 30.4 Å². The van der Waals surface area contributed by atoms with Crippen LogP contribution in [0.15, 0.2) is 42.7 Å². The average Bonchev–Trinajstić information content (AvgIpc) is 2.81. The third kappa shape index (κ3) is 2.28. The van der Waals surface area contributed by atoms with Crippen LogP contribution in [0.5, 0.6) is 0 Å². The largest absolute Gasteiger partial charge is 0.357 e. The fourth-order valence-electron chi connectivity index (χ4n) is 4.24. The molecule has 0 amide bonds. The summed E-state index contributed by atoms with van der Waals surface area (Å²) in [6.45, 7) is 3.59. The van der Waals surface area contributed by atoms with E-state index in [1.54, 1.807) is 0 Å². The van der Waals surface area contributed by atoms with Crippen LogP contribution in [0.25, 0.3) is 23.1 Å². The van der Waals surface area contributed by atoms with Crippen LogP contribution in [0.1, 0.15) is 41.1 Å². The number of aromatic amines is 1. The molecule has 2 aromatic heterocycles. The molecule has 1 aromatic carbocycles. The second-order valence-electron chi connectivity index (χ2n) is 6.95. The van der Waals surface area contributed by atoms with E-state index in [2.05, 4.69) is 45.2 Å². The molecule has 6 rings (SSSR count). The molecule has 2 bridgehead atoms. The van der Waals surface area contributed by atoms with Crippen molar-refractivity contribution >= 4 is 23.1 Å². The summed E-state index contributed by atoms with van der Waals surface area (Å²) in [6.07, 6.45) is 10.6. The van der Waals surface area contributed by atoms with Crippen molar-refractivity contribution in [3.63, 3.8) is 0 Å². The minimum absolute atomic E-state index is 0.711. The van der Waals surface area contributed by atoms with Crippen LogP contribution in [0.4, 0.5) is 0 Å². The van der Waals surface area contributed by atoms with Gasteiger partial charge in [-0.25, -0.2) is 0 Å². The number of benzene rings is 1. The predicted octanol–water partition coefficient (Wildman–Crippen LogP) is 4.43. The molecule has 3 aromatic rings. The van der Waals surface area contributed by atoms with E-state index >= 15 is 0 Å². The minimum Gasteiger partial charge on any atom is -0.357 e. The summed E-state index contributed by atoms with van der Waals surface area (Å²) in [6, 6.07) is 10.7. The van der Waals surface area contributed by atoms with Gasteiger partial charge in [-0.15, -0.1) is 0 Å². The quantitative estimate of drug-likeness (QED) is 0.759. The van der Waals surface area contributed by atoms with Gasteiger partial charge in [-0.2, -0.15) is 0 Å². The number of aromatic nitrogens is 2. The van der Waals surface area contributed by atoms with Gasteiger partial charge < -0.3 is 4.98 Å². The Labute approximate surface area is 142 Å². The lowest BCUT2D eigenvalue weighted by atomic mass is 9.94. The molecule has 1 fully saturated rings. The molecule has 5 heterocycles. The number of piperidine rings is 1. The van der Waals surface area contributed by atoms with Gasteiger partial charge in [0.2, 0.25) is 0 Å². The van der Waals surface area contributed by atoms with Gasteiger partial charge in [-0.3, -0.25) is 9.88 Å². The van der Waals surface area contributed by atoms with Crippen molar-refractivity contribution in [2.24, 2.45) is 0 Å². The van der Waals surface area contributed by atoms with E-state index in [-0.39, 0.29) is 0 Å². The lowest BCUT2D eigenvalue weighted by molar-refractivity contribution is 0.220. The van der Waals surface area contributed by atoms with Crippen molar-refractivity contribution in [1.29, 1.82) is 0 Å². The van der Waals surface area contributed by atoms with Crippen molar-refractivity contribution in [2.45, 2.75) is 25.3 Å². The minimum atomic E-state index is 0.711. The van der Waals surface area contributed by atoms with E-state index in [1.807, 2.05) is 24.5 Å². The Balaban J connectivity index is 1.61. The summed E-state index contributed by atoms with van der Waals surface area (Å²) in [5.41, 5.74) is 6.77. The molecule has 0 saturated carbocycles. The molecule has 0 radical (unpaired) electrons. The van der Waals surface area contributed by atoms with E-state index in [1.165, 1.54) is 59.2 Å².